The lowest BCUT2D eigenvalue weighted by molar-refractivity contribution is 0.133. The van der Waals surface area contributed by atoms with E-state index in [4.69, 9.17) is 0 Å². The van der Waals surface area contributed by atoms with Crippen LogP contribution in [0.25, 0.3) is 0 Å². The van der Waals surface area contributed by atoms with Gasteiger partial charge in [-0.1, -0.05) is 51.9 Å². The minimum absolute atomic E-state index is 0.0679. The molecule has 1 saturated carbocycles. The second kappa shape index (κ2) is 11.0. The molecule has 0 heterocycles. The average Bonchev–Trinajstić information content (AvgIpc) is 2.42. The molecule has 1 aliphatic rings. The molecule has 0 bridgehead atoms. The molecule has 1 rings (SSSR count). The van der Waals surface area contributed by atoms with E-state index in [-0.39, 0.29) is 11.4 Å². The van der Waals surface area contributed by atoms with Gasteiger partial charge >= 0.3 is 0 Å². The zero-order valence-electron chi connectivity index (χ0n) is 12.6. The summed E-state index contributed by atoms with van der Waals surface area (Å²) < 4.78 is 12.1. The van der Waals surface area contributed by atoms with Crippen molar-refractivity contribution in [1.29, 1.82) is 0 Å². The molecule has 0 aromatic heterocycles. The van der Waals surface area contributed by atoms with Crippen molar-refractivity contribution in [1.82, 2.24) is 0 Å². The summed E-state index contributed by atoms with van der Waals surface area (Å²) in [5, 5.41) is 9.94. The van der Waals surface area contributed by atoms with Gasteiger partial charge in [0.1, 0.15) is 17.1 Å². The fourth-order valence-electron chi connectivity index (χ4n) is 2.91. The Morgan fingerprint density at radius 3 is 2.16 bits per heavy atom. The van der Waals surface area contributed by atoms with E-state index < -0.39 is 11.2 Å². The Kier molecular flexibility index (Phi) is 10.0. The van der Waals surface area contributed by atoms with Crippen LogP contribution in [0.15, 0.2) is 0 Å². The number of hydrogen-bond acceptors (Lipinski definition) is 2. The topological polar surface area (TPSA) is 43.3 Å². The van der Waals surface area contributed by atoms with Gasteiger partial charge in [0.15, 0.2) is 0 Å². The van der Waals surface area contributed by atoms with Crippen LogP contribution in [-0.4, -0.2) is 26.8 Å². The van der Waals surface area contributed by atoms with Crippen molar-refractivity contribution < 1.29 is 9.66 Å². The van der Waals surface area contributed by atoms with Crippen LogP contribution in [0, 0.1) is 0 Å². The van der Waals surface area contributed by atoms with Gasteiger partial charge in [-0.25, -0.2) is 0 Å². The molecule has 2 nitrogen and oxygen atoms in total. The molecule has 3 atom stereocenters. The Balaban J connectivity index is 1.96. The van der Waals surface area contributed by atoms with Crippen LogP contribution in [0.4, 0.5) is 0 Å². The summed E-state index contributed by atoms with van der Waals surface area (Å²) in [6.45, 7) is 2.25. The fraction of sp³-hybridized carbons (Fsp3) is 1.00. The van der Waals surface area contributed by atoms with Crippen LogP contribution in [0.5, 0.6) is 0 Å². The molecular formula is C16H32O2S. The third-order valence-corrected chi connectivity index (χ3v) is 6.12. The largest absolute Gasteiger partial charge is 0.616 e. The standard InChI is InChI=1S/C16H32O2S/c1-2-3-4-5-6-7-8-11-14-19(18)16-13-10-9-12-15(16)17/h15-17H,2-14H2,1H3/t15-,16-,19-/m1/s1. The lowest BCUT2D eigenvalue weighted by atomic mass is 9.97. The first-order valence-electron chi connectivity index (χ1n) is 8.31. The molecule has 0 radical (unpaired) electrons. The minimum Gasteiger partial charge on any atom is -0.616 e. The van der Waals surface area contributed by atoms with Crippen molar-refractivity contribution in [2.75, 3.05) is 5.75 Å². The monoisotopic (exact) mass is 288 g/mol. The van der Waals surface area contributed by atoms with Gasteiger partial charge in [0, 0.05) is 0 Å². The number of hydrogen-bond donors (Lipinski definition) is 1. The highest BCUT2D eigenvalue weighted by atomic mass is 32.2. The minimum atomic E-state index is -0.797. The van der Waals surface area contributed by atoms with Gasteiger partial charge in [0.25, 0.3) is 0 Å². The van der Waals surface area contributed by atoms with Crippen LogP contribution in [0.1, 0.15) is 84.0 Å². The van der Waals surface area contributed by atoms with Gasteiger partial charge in [-0.15, -0.1) is 0 Å². The van der Waals surface area contributed by atoms with E-state index >= 15 is 0 Å². The second-order valence-electron chi connectivity index (χ2n) is 5.95. The number of aliphatic hydroxyl groups excluding tert-OH is 1. The molecule has 0 saturated heterocycles. The van der Waals surface area contributed by atoms with Crippen LogP contribution >= 0.6 is 0 Å². The van der Waals surface area contributed by atoms with E-state index in [9.17, 15) is 9.66 Å². The molecule has 0 aromatic carbocycles. The van der Waals surface area contributed by atoms with Crippen molar-refractivity contribution >= 4 is 11.2 Å². The SMILES string of the molecule is CCCCCCCCCC[S@@+]([O-])[C@@H]1CCCC[C@H]1O. The first kappa shape index (κ1) is 17.3. The highest BCUT2D eigenvalue weighted by molar-refractivity contribution is 7.92. The normalized spacial score (nSPS) is 25.4. The van der Waals surface area contributed by atoms with Crippen LogP contribution < -0.4 is 0 Å². The van der Waals surface area contributed by atoms with Crippen molar-refractivity contribution in [3.8, 4) is 0 Å². The Labute approximate surface area is 122 Å². The Morgan fingerprint density at radius 2 is 1.53 bits per heavy atom. The molecular weight excluding hydrogens is 256 g/mol. The number of unbranched alkanes of at least 4 members (excludes halogenated alkanes) is 7. The van der Waals surface area contributed by atoms with Crippen molar-refractivity contribution in [2.24, 2.45) is 0 Å². The van der Waals surface area contributed by atoms with Crippen molar-refractivity contribution in [2.45, 2.75) is 95.3 Å². The van der Waals surface area contributed by atoms with Gasteiger partial charge in [-0.3, -0.25) is 0 Å². The van der Waals surface area contributed by atoms with Crippen LogP contribution in [0.2, 0.25) is 0 Å². The Morgan fingerprint density at radius 1 is 0.947 bits per heavy atom. The molecule has 1 N–H and O–H groups in total. The molecule has 3 heteroatoms. The van der Waals surface area contributed by atoms with Gasteiger partial charge < -0.3 is 9.66 Å². The van der Waals surface area contributed by atoms with E-state index in [2.05, 4.69) is 6.92 Å². The maximum atomic E-state index is 12.1. The molecule has 0 amide bonds. The lowest BCUT2D eigenvalue weighted by Crippen LogP contribution is -2.38. The van der Waals surface area contributed by atoms with Crippen molar-refractivity contribution in [3.05, 3.63) is 0 Å². The predicted molar refractivity (Wildman–Crippen MR) is 83.9 cm³/mol. The third-order valence-electron chi connectivity index (χ3n) is 4.20. The summed E-state index contributed by atoms with van der Waals surface area (Å²) in [7, 11) is 0. The lowest BCUT2D eigenvalue weighted by Gasteiger charge is -2.29. The maximum Gasteiger partial charge on any atom is 0.141 e. The van der Waals surface area contributed by atoms with Crippen LogP contribution in [-0.2, 0) is 11.2 Å². The summed E-state index contributed by atoms with van der Waals surface area (Å²) in [6.07, 6.45) is 14.1. The molecule has 19 heavy (non-hydrogen) atoms. The molecule has 0 spiro atoms. The summed E-state index contributed by atoms with van der Waals surface area (Å²) in [6, 6.07) is 0. The molecule has 1 fully saturated rings. The first-order valence-corrected chi connectivity index (χ1v) is 9.69. The summed E-state index contributed by atoms with van der Waals surface area (Å²) in [4.78, 5) is 0. The first-order chi connectivity index (χ1) is 9.25. The van der Waals surface area contributed by atoms with Gasteiger partial charge in [0.2, 0.25) is 0 Å². The van der Waals surface area contributed by atoms with Gasteiger partial charge in [-0.05, 0) is 43.3 Å². The third kappa shape index (κ3) is 7.57. The zero-order valence-corrected chi connectivity index (χ0v) is 13.4. The summed E-state index contributed by atoms with van der Waals surface area (Å²) in [5.74, 6) is 0.802. The van der Waals surface area contributed by atoms with E-state index in [0.717, 1.165) is 37.9 Å². The molecule has 0 unspecified atom stereocenters. The quantitative estimate of drug-likeness (QED) is 0.484. The number of aliphatic hydroxyl groups is 1. The molecule has 1 aliphatic carbocycles. The van der Waals surface area contributed by atoms with Gasteiger partial charge in [0.05, 0.1) is 0 Å². The zero-order chi connectivity index (χ0) is 13.9. The molecule has 114 valence electrons. The second-order valence-corrected chi connectivity index (χ2v) is 7.73. The highest BCUT2D eigenvalue weighted by Gasteiger charge is 2.32. The number of rotatable bonds is 10. The fourth-order valence-corrected chi connectivity index (χ4v) is 4.62. The maximum absolute atomic E-state index is 12.1. The molecule has 0 aromatic rings. The smallest absolute Gasteiger partial charge is 0.141 e. The summed E-state index contributed by atoms with van der Waals surface area (Å²) >= 11 is -0.797. The Bertz CT molecular complexity index is 211. The predicted octanol–water partition coefficient (Wildman–Crippen LogP) is 4.18. The van der Waals surface area contributed by atoms with Crippen LogP contribution in [0.3, 0.4) is 0 Å². The van der Waals surface area contributed by atoms with E-state index in [1.54, 1.807) is 0 Å². The Hall–Kier alpha value is 0.270. The summed E-state index contributed by atoms with van der Waals surface area (Å²) in [5.41, 5.74) is 0. The van der Waals surface area contributed by atoms with Gasteiger partial charge in [-0.2, -0.15) is 0 Å². The van der Waals surface area contributed by atoms with E-state index in [1.165, 1.54) is 44.9 Å². The van der Waals surface area contributed by atoms with E-state index in [0.29, 0.717) is 0 Å². The highest BCUT2D eigenvalue weighted by Crippen LogP contribution is 2.25. The average molecular weight is 288 g/mol. The van der Waals surface area contributed by atoms with E-state index in [1.807, 2.05) is 0 Å². The van der Waals surface area contributed by atoms with Crippen molar-refractivity contribution in [3.63, 3.8) is 0 Å². The molecule has 0 aliphatic heterocycles.